The van der Waals surface area contributed by atoms with Gasteiger partial charge in [0.05, 0.1) is 0 Å². The van der Waals surface area contributed by atoms with Crippen LogP contribution in [0.5, 0.6) is 0 Å². The van der Waals surface area contributed by atoms with Crippen molar-refractivity contribution in [3.05, 3.63) is 58.9 Å². The quantitative estimate of drug-likeness (QED) is 0.847. The molecule has 0 spiro atoms. The molecule has 0 aromatic heterocycles. The molecule has 0 aliphatic heterocycles. The molecule has 3 rings (SSSR count). The highest BCUT2D eigenvalue weighted by Crippen LogP contribution is 2.34. The lowest BCUT2D eigenvalue weighted by Gasteiger charge is -2.12. The van der Waals surface area contributed by atoms with Crippen molar-refractivity contribution in [3.63, 3.8) is 0 Å². The normalized spacial score (nSPS) is 14.4. The third-order valence-electron chi connectivity index (χ3n) is 3.77. The summed E-state index contributed by atoms with van der Waals surface area (Å²) in [5.41, 5.74) is 3.28. The molecule has 21 heavy (non-hydrogen) atoms. The lowest BCUT2D eigenvalue weighted by Crippen LogP contribution is -2.16. The third kappa shape index (κ3) is 3.66. The van der Waals surface area contributed by atoms with Crippen molar-refractivity contribution in [2.45, 2.75) is 49.1 Å². The summed E-state index contributed by atoms with van der Waals surface area (Å²) in [5.74, 6) is -0.113. The smallest absolute Gasteiger partial charge is 0.128 e. The summed E-state index contributed by atoms with van der Waals surface area (Å²) < 4.78 is 14.1. The SMILES string of the molecule is Cc1ccc(Sc2cccc(F)c2CNC2CC2)c(C)c1. The van der Waals surface area contributed by atoms with Crippen LogP contribution in [0, 0.1) is 19.7 Å². The molecule has 1 fully saturated rings. The maximum Gasteiger partial charge on any atom is 0.128 e. The Morgan fingerprint density at radius 2 is 1.95 bits per heavy atom. The molecule has 0 radical (unpaired) electrons. The third-order valence-corrected chi connectivity index (χ3v) is 5.05. The van der Waals surface area contributed by atoms with Gasteiger partial charge in [0, 0.05) is 27.9 Å². The van der Waals surface area contributed by atoms with Gasteiger partial charge in [-0.15, -0.1) is 0 Å². The van der Waals surface area contributed by atoms with Crippen molar-refractivity contribution in [1.82, 2.24) is 5.32 Å². The van der Waals surface area contributed by atoms with Gasteiger partial charge in [-0.2, -0.15) is 0 Å². The maximum atomic E-state index is 14.1. The fourth-order valence-electron chi connectivity index (χ4n) is 2.37. The second-order valence-corrected chi connectivity index (χ2v) is 6.83. The summed E-state index contributed by atoms with van der Waals surface area (Å²) in [5, 5.41) is 3.41. The number of benzene rings is 2. The molecule has 1 aliphatic rings. The minimum Gasteiger partial charge on any atom is -0.310 e. The minimum absolute atomic E-state index is 0.113. The van der Waals surface area contributed by atoms with E-state index in [1.165, 1.54) is 28.9 Å². The van der Waals surface area contributed by atoms with Crippen LogP contribution in [0.4, 0.5) is 4.39 Å². The van der Waals surface area contributed by atoms with E-state index in [-0.39, 0.29) is 5.82 Å². The number of aryl methyl sites for hydroxylation is 2. The molecule has 0 atom stereocenters. The second-order valence-electron chi connectivity index (χ2n) is 5.74. The van der Waals surface area contributed by atoms with Crippen LogP contribution in [0.2, 0.25) is 0 Å². The van der Waals surface area contributed by atoms with Crippen LogP contribution in [0.25, 0.3) is 0 Å². The van der Waals surface area contributed by atoms with Crippen LogP contribution >= 0.6 is 11.8 Å². The van der Waals surface area contributed by atoms with E-state index >= 15 is 0 Å². The number of nitrogens with one attached hydrogen (secondary N) is 1. The van der Waals surface area contributed by atoms with E-state index in [1.807, 2.05) is 6.07 Å². The fourth-order valence-corrected chi connectivity index (χ4v) is 3.40. The molecule has 110 valence electrons. The van der Waals surface area contributed by atoms with Crippen molar-refractivity contribution >= 4 is 11.8 Å². The fraction of sp³-hybridized carbons (Fsp3) is 0.333. The van der Waals surface area contributed by atoms with Crippen molar-refractivity contribution in [2.24, 2.45) is 0 Å². The van der Waals surface area contributed by atoms with Crippen LogP contribution in [-0.2, 0) is 6.54 Å². The zero-order valence-corrected chi connectivity index (χ0v) is 13.3. The van der Waals surface area contributed by atoms with Crippen molar-refractivity contribution in [1.29, 1.82) is 0 Å². The highest BCUT2D eigenvalue weighted by molar-refractivity contribution is 7.99. The summed E-state index contributed by atoms with van der Waals surface area (Å²) in [6.45, 7) is 4.82. The first kappa shape index (κ1) is 14.6. The predicted molar refractivity (Wildman–Crippen MR) is 86.3 cm³/mol. The molecule has 2 aromatic rings. The van der Waals surface area contributed by atoms with Crippen LogP contribution in [0.1, 0.15) is 29.5 Å². The molecule has 1 aliphatic carbocycles. The van der Waals surface area contributed by atoms with Gasteiger partial charge in [0.25, 0.3) is 0 Å². The summed E-state index contributed by atoms with van der Waals surface area (Å²) in [7, 11) is 0. The molecule has 1 nitrogen and oxygen atoms in total. The molecule has 0 amide bonds. The van der Waals surface area contributed by atoms with E-state index in [0.717, 1.165) is 10.5 Å². The predicted octanol–water partition coefficient (Wildman–Crippen LogP) is 4.85. The first-order chi connectivity index (χ1) is 10.1. The zero-order valence-electron chi connectivity index (χ0n) is 12.4. The molecule has 0 unspecified atom stereocenters. The van der Waals surface area contributed by atoms with Gasteiger partial charge in [0.15, 0.2) is 0 Å². The van der Waals surface area contributed by atoms with Gasteiger partial charge in [0.2, 0.25) is 0 Å². The molecule has 0 bridgehead atoms. The molecular weight excluding hydrogens is 281 g/mol. The lowest BCUT2D eigenvalue weighted by atomic mass is 10.2. The van der Waals surface area contributed by atoms with E-state index in [2.05, 4.69) is 37.4 Å². The topological polar surface area (TPSA) is 12.0 Å². The number of rotatable bonds is 5. The van der Waals surface area contributed by atoms with Gasteiger partial charge in [-0.3, -0.25) is 0 Å². The summed E-state index contributed by atoms with van der Waals surface area (Å²) in [6.07, 6.45) is 2.43. The maximum absolute atomic E-state index is 14.1. The average Bonchev–Trinajstić information content (AvgIpc) is 3.25. The molecular formula is C18H20FNS. The van der Waals surface area contributed by atoms with Crippen LogP contribution < -0.4 is 5.32 Å². The molecule has 0 saturated heterocycles. The molecule has 1 saturated carbocycles. The second kappa shape index (κ2) is 6.20. The van der Waals surface area contributed by atoms with Crippen molar-refractivity contribution in [2.75, 3.05) is 0 Å². The van der Waals surface area contributed by atoms with Gasteiger partial charge in [0.1, 0.15) is 5.82 Å². The largest absolute Gasteiger partial charge is 0.310 e. The number of halogens is 1. The minimum atomic E-state index is -0.113. The first-order valence-electron chi connectivity index (χ1n) is 7.39. The Morgan fingerprint density at radius 3 is 2.67 bits per heavy atom. The van der Waals surface area contributed by atoms with Crippen molar-refractivity contribution < 1.29 is 4.39 Å². The number of hydrogen-bond donors (Lipinski definition) is 1. The Kier molecular flexibility index (Phi) is 4.32. The lowest BCUT2D eigenvalue weighted by molar-refractivity contribution is 0.579. The Labute approximate surface area is 130 Å². The monoisotopic (exact) mass is 301 g/mol. The molecule has 2 aromatic carbocycles. The van der Waals surface area contributed by atoms with Crippen molar-refractivity contribution in [3.8, 4) is 0 Å². The van der Waals surface area contributed by atoms with Gasteiger partial charge < -0.3 is 5.32 Å². The van der Waals surface area contributed by atoms with Crippen LogP contribution in [0.3, 0.4) is 0 Å². The molecule has 0 heterocycles. The Morgan fingerprint density at radius 1 is 1.14 bits per heavy atom. The summed E-state index contributed by atoms with van der Waals surface area (Å²) in [6, 6.07) is 12.3. The zero-order chi connectivity index (χ0) is 14.8. The van der Waals surface area contributed by atoms with Gasteiger partial charge in [-0.1, -0.05) is 35.5 Å². The highest BCUT2D eigenvalue weighted by Gasteiger charge is 2.21. The Balaban J connectivity index is 1.84. The van der Waals surface area contributed by atoms with E-state index in [1.54, 1.807) is 23.9 Å². The molecule has 3 heteroatoms. The van der Waals surface area contributed by atoms with E-state index < -0.39 is 0 Å². The van der Waals surface area contributed by atoms with E-state index in [9.17, 15) is 4.39 Å². The first-order valence-corrected chi connectivity index (χ1v) is 8.21. The standard InChI is InChI=1S/C18H20FNS/c1-12-6-9-17(13(2)10-12)21-18-5-3-4-16(19)15(18)11-20-14-7-8-14/h3-6,9-10,14,20H,7-8,11H2,1-2H3. The average molecular weight is 301 g/mol. The summed E-state index contributed by atoms with van der Waals surface area (Å²) in [4.78, 5) is 2.20. The van der Waals surface area contributed by atoms with Crippen LogP contribution in [0.15, 0.2) is 46.2 Å². The number of hydrogen-bond acceptors (Lipinski definition) is 2. The molecule has 1 N–H and O–H groups in total. The van der Waals surface area contributed by atoms with Gasteiger partial charge >= 0.3 is 0 Å². The Bertz CT molecular complexity index is 650. The van der Waals surface area contributed by atoms with Gasteiger partial charge in [-0.05, 0) is 50.5 Å². The van der Waals surface area contributed by atoms with E-state index in [0.29, 0.717) is 12.6 Å². The summed E-state index contributed by atoms with van der Waals surface area (Å²) >= 11 is 1.66. The highest BCUT2D eigenvalue weighted by atomic mass is 32.2. The van der Waals surface area contributed by atoms with Crippen LogP contribution in [-0.4, -0.2) is 6.04 Å². The Hall–Kier alpha value is -1.32. The van der Waals surface area contributed by atoms with Gasteiger partial charge in [-0.25, -0.2) is 4.39 Å². The van der Waals surface area contributed by atoms with E-state index in [4.69, 9.17) is 0 Å².